The van der Waals surface area contributed by atoms with Gasteiger partial charge in [0.15, 0.2) is 0 Å². The lowest BCUT2D eigenvalue weighted by molar-refractivity contribution is 0.0709. The Morgan fingerprint density at radius 3 is 1.94 bits per heavy atom. The van der Waals surface area contributed by atoms with Crippen molar-refractivity contribution in [2.75, 3.05) is 0 Å². The summed E-state index contributed by atoms with van der Waals surface area (Å²) in [5, 5.41) is 0. The Hall–Kier alpha value is -0.920. The lowest BCUT2D eigenvalue weighted by Crippen LogP contribution is -2.34. The molecule has 4 rings (SSSR count). The Morgan fingerprint density at radius 1 is 0.710 bits per heavy atom. The summed E-state index contributed by atoms with van der Waals surface area (Å²) < 4.78 is 28.7. The Kier molecular flexibility index (Phi) is 8.10. The van der Waals surface area contributed by atoms with E-state index in [2.05, 4.69) is 6.92 Å². The molecule has 3 aliphatic rings. The third-order valence-electron chi connectivity index (χ3n) is 9.42. The third kappa shape index (κ3) is 5.53. The first kappa shape index (κ1) is 23.2. The van der Waals surface area contributed by atoms with Crippen LogP contribution < -0.4 is 0 Å². The van der Waals surface area contributed by atoms with Crippen LogP contribution in [0.1, 0.15) is 121 Å². The van der Waals surface area contributed by atoms with Crippen LogP contribution in [0.2, 0.25) is 0 Å². The molecule has 2 heteroatoms. The van der Waals surface area contributed by atoms with Crippen molar-refractivity contribution in [1.82, 2.24) is 0 Å². The SMILES string of the molecule is CCCCCC1CCC(C2CCC3CC(c4cc(F)c(CC)c(F)c4)CCC3C2)CC1. The Bertz CT molecular complexity index is 680. The highest BCUT2D eigenvalue weighted by Gasteiger charge is 2.39. The summed E-state index contributed by atoms with van der Waals surface area (Å²) in [5.74, 6) is 4.25. The maximum absolute atomic E-state index is 14.3. The van der Waals surface area contributed by atoms with Crippen LogP contribution in [0.4, 0.5) is 8.78 Å². The monoisotopic (exact) mass is 430 g/mol. The number of hydrogen-bond donors (Lipinski definition) is 0. The fraction of sp³-hybridized carbons (Fsp3) is 0.793. The molecule has 3 fully saturated rings. The minimum Gasteiger partial charge on any atom is -0.207 e. The maximum Gasteiger partial charge on any atom is 0.129 e. The highest BCUT2D eigenvalue weighted by atomic mass is 19.1. The van der Waals surface area contributed by atoms with Crippen LogP contribution >= 0.6 is 0 Å². The van der Waals surface area contributed by atoms with E-state index in [0.717, 1.165) is 48.0 Å². The maximum atomic E-state index is 14.3. The van der Waals surface area contributed by atoms with Crippen molar-refractivity contribution in [2.24, 2.45) is 29.6 Å². The molecule has 4 unspecified atom stereocenters. The molecule has 0 amide bonds. The molecule has 31 heavy (non-hydrogen) atoms. The lowest BCUT2D eigenvalue weighted by Gasteiger charge is -2.45. The van der Waals surface area contributed by atoms with E-state index >= 15 is 0 Å². The van der Waals surface area contributed by atoms with Crippen molar-refractivity contribution >= 4 is 0 Å². The van der Waals surface area contributed by atoms with Gasteiger partial charge in [0.05, 0.1) is 0 Å². The fourth-order valence-electron chi connectivity index (χ4n) is 7.48. The highest BCUT2D eigenvalue weighted by Crippen LogP contribution is 2.51. The molecule has 1 aromatic rings. The first-order chi connectivity index (χ1) is 15.1. The average Bonchev–Trinajstić information content (AvgIpc) is 2.79. The van der Waals surface area contributed by atoms with E-state index in [9.17, 15) is 8.78 Å². The van der Waals surface area contributed by atoms with Crippen LogP contribution in [-0.2, 0) is 6.42 Å². The van der Waals surface area contributed by atoms with Gasteiger partial charge >= 0.3 is 0 Å². The Morgan fingerprint density at radius 2 is 1.29 bits per heavy atom. The van der Waals surface area contributed by atoms with Crippen molar-refractivity contribution in [1.29, 1.82) is 0 Å². The second-order valence-electron chi connectivity index (χ2n) is 11.2. The van der Waals surface area contributed by atoms with Gasteiger partial charge in [0.25, 0.3) is 0 Å². The van der Waals surface area contributed by atoms with E-state index in [-0.39, 0.29) is 17.2 Å². The van der Waals surface area contributed by atoms with E-state index in [4.69, 9.17) is 0 Å². The summed E-state index contributed by atoms with van der Waals surface area (Å²) in [5.41, 5.74) is 1.16. The van der Waals surface area contributed by atoms with Crippen molar-refractivity contribution in [3.8, 4) is 0 Å². The molecular formula is C29H44F2. The highest BCUT2D eigenvalue weighted by molar-refractivity contribution is 5.29. The smallest absolute Gasteiger partial charge is 0.129 e. The van der Waals surface area contributed by atoms with Crippen LogP contribution in [0.15, 0.2) is 12.1 Å². The van der Waals surface area contributed by atoms with Crippen molar-refractivity contribution in [2.45, 2.75) is 116 Å². The van der Waals surface area contributed by atoms with Crippen molar-refractivity contribution in [3.63, 3.8) is 0 Å². The van der Waals surface area contributed by atoms with Crippen LogP contribution in [0.25, 0.3) is 0 Å². The molecule has 0 spiro atoms. The van der Waals surface area contributed by atoms with Gasteiger partial charge in [-0.1, -0.05) is 52.4 Å². The first-order valence-electron chi connectivity index (χ1n) is 13.6. The largest absolute Gasteiger partial charge is 0.207 e. The van der Waals surface area contributed by atoms with Gasteiger partial charge in [-0.25, -0.2) is 8.78 Å². The van der Waals surface area contributed by atoms with Gasteiger partial charge in [-0.05, 0) is 111 Å². The first-order valence-corrected chi connectivity index (χ1v) is 13.6. The third-order valence-corrected chi connectivity index (χ3v) is 9.42. The Balaban J connectivity index is 1.28. The standard InChI is InChI=1S/C29H44F2/c1-3-5-6-7-20-8-10-21(11-9-20)22-12-13-24-17-25(15-14-23(24)16-22)26-18-28(30)27(4-2)29(31)19-26/h18-25H,3-17H2,1-2H3. The van der Waals surface area contributed by atoms with Gasteiger partial charge in [-0.15, -0.1) is 0 Å². The normalized spacial score (nSPS) is 33.8. The molecule has 174 valence electrons. The second-order valence-corrected chi connectivity index (χ2v) is 11.2. The van der Waals surface area contributed by atoms with Crippen molar-refractivity contribution in [3.05, 3.63) is 34.9 Å². The fourth-order valence-corrected chi connectivity index (χ4v) is 7.48. The number of unbranched alkanes of at least 4 members (excludes halogenated alkanes) is 2. The molecule has 1 aromatic carbocycles. The van der Waals surface area contributed by atoms with Crippen LogP contribution in [0.3, 0.4) is 0 Å². The van der Waals surface area contributed by atoms with E-state index < -0.39 is 0 Å². The number of halogens is 2. The summed E-state index contributed by atoms with van der Waals surface area (Å²) >= 11 is 0. The minimum absolute atomic E-state index is 0.248. The molecule has 0 N–H and O–H groups in total. The molecule has 0 radical (unpaired) electrons. The zero-order valence-electron chi connectivity index (χ0n) is 20.0. The molecule has 0 aliphatic heterocycles. The molecular weight excluding hydrogens is 386 g/mol. The lowest BCUT2D eigenvalue weighted by atomic mass is 9.60. The van der Waals surface area contributed by atoms with Crippen LogP contribution in [0.5, 0.6) is 0 Å². The second kappa shape index (κ2) is 10.8. The van der Waals surface area contributed by atoms with Gasteiger partial charge in [0.2, 0.25) is 0 Å². The van der Waals surface area contributed by atoms with E-state index in [1.807, 2.05) is 6.92 Å². The van der Waals surface area contributed by atoms with Gasteiger partial charge in [0.1, 0.15) is 11.6 Å². The predicted octanol–water partition coefficient (Wildman–Crippen LogP) is 9.21. The summed E-state index contributed by atoms with van der Waals surface area (Å²) in [6.45, 7) is 4.13. The molecule has 3 aliphatic carbocycles. The summed E-state index contributed by atoms with van der Waals surface area (Å²) in [6.07, 6.45) is 19.7. The Labute approximate surface area is 189 Å². The van der Waals surface area contributed by atoms with Crippen LogP contribution in [-0.4, -0.2) is 0 Å². The zero-order chi connectivity index (χ0) is 21.8. The van der Waals surface area contributed by atoms with E-state index in [1.165, 1.54) is 77.0 Å². The summed E-state index contributed by atoms with van der Waals surface area (Å²) in [6, 6.07) is 3.27. The van der Waals surface area contributed by atoms with Crippen molar-refractivity contribution < 1.29 is 8.78 Å². The molecule has 3 saturated carbocycles. The number of fused-ring (bicyclic) bond motifs is 1. The van der Waals surface area contributed by atoms with Gasteiger partial charge in [-0.2, -0.15) is 0 Å². The van der Waals surface area contributed by atoms with Gasteiger partial charge in [0, 0.05) is 5.56 Å². The summed E-state index contributed by atoms with van der Waals surface area (Å²) in [7, 11) is 0. The van der Waals surface area contributed by atoms with E-state index in [1.54, 1.807) is 12.1 Å². The van der Waals surface area contributed by atoms with Crippen LogP contribution in [0, 0.1) is 41.2 Å². The average molecular weight is 431 g/mol. The molecule has 4 atom stereocenters. The van der Waals surface area contributed by atoms with E-state index in [0.29, 0.717) is 12.3 Å². The van der Waals surface area contributed by atoms with Gasteiger partial charge < -0.3 is 0 Å². The molecule has 0 nitrogen and oxygen atoms in total. The zero-order valence-corrected chi connectivity index (χ0v) is 20.0. The quantitative estimate of drug-likeness (QED) is 0.378. The predicted molar refractivity (Wildman–Crippen MR) is 126 cm³/mol. The number of hydrogen-bond acceptors (Lipinski definition) is 0. The molecule has 0 bridgehead atoms. The number of rotatable bonds is 7. The topological polar surface area (TPSA) is 0 Å². The number of benzene rings is 1. The van der Waals surface area contributed by atoms with Gasteiger partial charge in [-0.3, -0.25) is 0 Å². The minimum atomic E-state index is -0.339. The molecule has 0 aromatic heterocycles. The molecule has 0 heterocycles. The molecule has 0 saturated heterocycles. The summed E-state index contributed by atoms with van der Waals surface area (Å²) in [4.78, 5) is 0.